The molecule has 0 saturated carbocycles. The van der Waals surface area contributed by atoms with Crippen molar-refractivity contribution in [3.63, 3.8) is 0 Å². The van der Waals surface area contributed by atoms with Gasteiger partial charge in [-0.2, -0.15) is 0 Å². The second-order valence-electron chi connectivity index (χ2n) is 8.52. The van der Waals surface area contributed by atoms with Crippen molar-refractivity contribution in [1.29, 1.82) is 0 Å². The molecule has 28 heavy (non-hydrogen) atoms. The average molecular weight is 397 g/mol. The van der Waals surface area contributed by atoms with E-state index in [2.05, 4.69) is 27.7 Å². The van der Waals surface area contributed by atoms with E-state index >= 15 is 0 Å². The van der Waals surface area contributed by atoms with Gasteiger partial charge in [-0.1, -0.05) is 79.1 Å². The van der Waals surface area contributed by atoms with Crippen molar-refractivity contribution in [2.24, 2.45) is 17.3 Å². The highest BCUT2D eigenvalue weighted by Crippen LogP contribution is 2.49. The molecule has 0 radical (unpaired) electrons. The number of carbonyl (C=O) groups excluding carboxylic acids is 2. The summed E-state index contributed by atoms with van der Waals surface area (Å²) < 4.78 is 0. The fraction of sp³-hybridized carbons (Fsp3) is 0.917. The maximum atomic E-state index is 12.8. The fourth-order valence-corrected chi connectivity index (χ4v) is 4.82. The molecule has 0 fully saturated rings. The van der Waals surface area contributed by atoms with Crippen LogP contribution in [0.5, 0.6) is 0 Å². The van der Waals surface area contributed by atoms with Gasteiger partial charge >= 0.3 is 0 Å². The lowest BCUT2D eigenvalue weighted by atomic mass is 9.58. The van der Waals surface area contributed by atoms with Gasteiger partial charge in [-0.15, -0.1) is 0 Å². The summed E-state index contributed by atoms with van der Waals surface area (Å²) in [6.45, 7) is 8.55. The van der Waals surface area contributed by atoms with Crippen molar-refractivity contribution < 1.29 is 19.8 Å². The van der Waals surface area contributed by atoms with Crippen LogP contribution in [0.2, 0.25) is 0 Å². The zero-order valence-electron chi connectivity index (χ0n) is 18.9. The van der Waals surface area contributed by atoms with Crippen molar-refractivity contribution in [2.45, 2.75) is 124 Å². The van der Waals surface area contributed by atoms with Gasteiger partial charge in [0.25, 0.3) is 0 Å². The molecule has 0 aromatic carbocycles. The van der Waals surface area contributed by atoms with Crippen LogP contribution in [0.4, 0.5) is 0 Å². The van der Waals surface area contributed by atoms with E-state index in [0.29, 0.717) is 12.8 Å². The van der Waals surface area contributed by atoms with E-state index in [1.54, 1.807) is 0 Å². The molecule has 0 heterocycles. The van der Waals surface area contributed by atoms with Gasteiger partial charge in [-0.3, -0.25) is 0 Å². The van der Waals surface area contributed by atoms with Gasteiger partial charge in [0.05, 0.1) is 0 Å². The molecule has 0 amide bonds. The van der Waals surface area contributed by atoms with E-state index in [1.807, 2.05) is 0 Å². The van der Waals surface area contributed by atoms with Crippen LogP contribution < -0.4 is 10.2 Å². The molecule has 0 N–H and O–H groups in total. The second kappa shape index (κ2) is 15.8. The fourth-order valence-electron chi connectivity index (χ4n) is 4.82. The summed E-state index contributed by atoms with van der Waals surface area (Å²) in [6, 6.07) is 0. The minimum atomic E-state index is -1.09. The number of carboxylic acid groups (broad SMARTS) is 2. The Morgan fingerprint density at radius 3 is 1.29 bits per heavy atom. The lowest BCUT2D eigenvalue weighted by Crippen LogP contribution is -2.52. The van der Waals surface area contributed by atoms with E-state index in [-0.39, 0.29) is 18.3 Å². The van der Waals surface area contributed by atoms with Gasteiger partial charge in [0.15, 0.2) is 0 Å². The van der Waals surface area contributed by atoms with Crippen molar-refractivity contribution in [3.05, 3.63) is 0 Å². The molecular formula is C24H44O4-2. The first kappa shape index (κ1) is 26.9. The third-order valence-electron chi connectivity index (χ3n) is 6.43. The van der Waals surface area contributed by atoms with Crippen LogP contribution >= 0.6 is 0 Å². The highest BCUT2D eigenvalue weighted by atomic mass is 16.4. The number of carbonyl (C=O) groups is 2. The highest BCUT2D eigenvalue weighted by molar-refractivity contribution is 5.73. The third-order valence-corrected chi connectivity index (χ3v) is 6.43. The number of hydrogen-bond donors (Lipinski definition) is 0. The molecule has 166 valence electrons. The lowest BCUT2D eigenvalue weighted by molar-refractivity contribution is -0.328. The van der Waals surface area contributed by atoms with Crippen LogP contribution in [0.3, 0.4) is 0 Å². The summed E-state index contributed by atoms with van der Waals surface area (Å²) >= 11 is 0. The Bertz CT molecular complexity index is 383. The van der Waals surface area contributed by atoms with Gasteiger partial charge in [0.1, 0.15) is 0 Å². The Morgan fingerprint density at radius 1 is 0.679 bits per heavy atom. The van der Waals surface area contributed by atoms with Crippen LogP contribution in [-0.4, -0.2) is 11.9 Å². The van der Waals surface area contributed by atoms with E-state index < -0.39 is 17.4 Å². The van der Waals surface area contributed by atoms with E-state index in [9.17, 15) is 19.8 Å². The Kier molecular flexibility index (Phi) is 15.2. The van der Waals surface area contributed by atoms with Gasteiger partial charge in [-0.05, 0) is 56.8 Å². The van der Waals surface area contributed by atoms with E-state index in [4.69, 9.17) is 0 Å². The SMILES string of the molecule is CCCCC(CCCC)C(CCCC(=O)[O-])(C(=O)[O-])C(CCCC)CCCC. The van der Waals surface area contributed by atoms with Crippen LogP contribution in [-0.2, 0) is 9.59 Å². The molecule has 0 saturated heterocycles. The first-order valence-electron chi connectivity index (χ1n) is 11.8. The quantitative estimate of drug-likeness (QED) is 0.319. The zero-order valence-corrected chi connectivity index (χ0v) is 18.9. The summed E-state index contributed by atoms with van der Waals surface area (Å²) in [4.78, 5) is 23.8. The topological polar surface area (TPSA) is 80.3 Å². The first-order chi connectivity index (χ1) is 13.4. The van der Waals surface area contributed by atoms with Crippen molar-refractivity contribution >= 4 is 11.9 Å². The summed E-state index contributed by atoms with van der Waals surface area (Å²) in [5.41, 5.74) is -0.913. The predicted molar refractivity (Wildman–Crippen MR) is 111 cm³/mol. The van der Waals surface area contributed by atoms with Crippen molar-refractivity contribution in [1.82, 2.24) is 0 Å². The molecule has 0 aromatic rings. The van der Waals surface area contributed by atoms with Crippen LogP contribution in [0, 0.1) is 17.3 Å². The molecule has 0 aliphatic rings. The zero-order chi connectivity index (χ0) is 21.4. The standard InChI is InChI=1S/C24H46O4/c1-5-9-14-20(15-10-6-2)24(23(27)28,19-13-18-22(25)26)21(16-11-7-3)17-12-8-4/h20-21H,5-19H2,1-4H3,(H,25,26)(H,27,28)/p-2. The molecule has 0 bridgehead atoms. The number of carboxylic acids is 2. The van der Waals surface area contributed by atoms with Crippen molar-refractivity contribution in [2.75, 3.05) is 0 Å². The molecule has 4 nitrogen and oxygen atoms in total. The molecule has 0 rings (SSSR count). The average Bonchev–Trinajstić information content (AvgIpc) is 2.66. The maximum absolute atomic E-state index is 12.8. The van der Waals surface area contributed by atoms with Gasteiger partial charge in [0.2, 0.25) is 0 Å². The van der Waals surface area contributed by atoms with Crippen LogP contribution in [0.15, 0.2) is 0 Å². The van der Waals surface area contributed by atoms with Gasteiger partial charge < -0.3 is 19.8 Å². The van der Waals surface area contributed by atoms with Crippen LogP contribution in [0.1, 0.15) is 124 Å². The molecular weight excluding hydrogens is 352 g/mol. The smallest absolute Gasteiger partial charge is 0.0481 e. The first-order valence-corrected chi connectivity index (χ1v) is 11.8. The maximum Gasteiger partial charge on any atom is 0.0481 e. The lowest BCUT2D eigenvalue weighted by Gasteiger charge is -2.48. The molecule has 0 aliphatic carbocycles. The minimum absolute atomic E-state index is 0.0675. The molecule has 0 aromatic heterocycles. The van der Waals surface area contributed by atoms with Crippen molar-refractivity contribution in [3.8, 4) is 0 Å². The normalized spacial score (nSPS) is 12.1. The largest absolute Gasteiger partial charge is 0.550 e. The summed E-state index contributed by atoms with van der Waals surface area (Å²) in [5.74, 6) is -1.90. The second-order valence-corrected chi connectivity index (χ2v) is 8.52. The Morgan fingerprint density at radius 2 is 1.04 bits per heavy atom. The summed E-state index contributed by atoms with van der Waals surface area (Å²) in [6.07, 6.45) is 12.5. The monoisotopic (exact) mass is 396 g/mol. The molecule has 0 unspecified atom stereocenters. The number of unbranched alkanes of at least 4 members (excludes halogenated alkanes) is 4. The molecule has 0 atom stereocenters. The molecule has 4 heteroatoms. The van der Waals surface area contributed by atoms with E-state index in [1.165, 1.54) is 0 Å². The van der Waals surface area contributed by atoms with Crippen LogP contribution in [0.25, 0.3) is 0 Å². The van der Waals surface area contributed by atoms with Gasteiger partial charge in [0, 0.05) is 17.4 Å². The number of hydrogen-bond acceptors (Lipinski definition) is 4. The Labute approximate surface area is 173 Å². The Balaban J connectivity index is 5.99. The molecule has 0 aliphatic heterocycles. The third kappa shape index (κ3) is 8.96. The number of aliphatic carboxylic acids is 2. The van der Waals surface area contributed by atoms with Gasteiger partial charge in [-0.25, -0.2) is 0 Å². The summed E-state index contributed by atoms with van der Waals surface area (Å²) in [5, 5.41) is 23.8. The number of rotatable bonds is 19. The predicted octanol–water partition coefficient (Wildman–Crippen LogP) is 4.64. The van der Waals surface area contributed by atoms with E-state index in [0.717, 1.165) is 77.0 Å². The summed E-state index contributed by atoms with van der Waals surface area (Å²) in [7, 11) is 0. The highest BCUT2D eigenvalue weighted by Gasteiger charge is 2.44. The molecule has 0 spiro atoms. The Hall–Kier alpha value is -1.06. The minimum Gasteiger partial charge on any atom is -0.550 e.